The van der Waals surface area contributed by atoms with E-state index < -0.39 is 5.60 Å². The summed E-state index contributed by atoms with van der Waals surface area (Å²) in [5, 5.41) is 9.89. The number of piperidine rings is 1. The van der Waals surface area contributed by atoms with Gasteiger partial charge in [-0.1, -0.05) is 6.92 Å². The predicted octanol–water partition coefficient (Wildman–Crippen LogP) is 0.0529. The van der Waals surface area contributed by atoms with Crippen molar-refractivity contribution in [3.05, 3.63) is 0 Å². The average molecular weight is 216 g/mol. The van der Waals surface area contributed by atoms with Gasteiger partial charge in [0.15, 0.2) is 0 Å². The molecule has 4 nitrogen and oxygen atoms in total. The highest BCUT2D eigenvalue weighted by molar-refractivity contribution is 4.84. The van der Waals surface area contributed by atoms with Gasteiger partial charge in [-0.25, -0.2) is 0 Å². The Kier molecular flexibility index (Phi) is 4.52. The van der Waals surface area contributed by atoms with Crippen molar-refractivity contribution in [1.29, 1.82) is 0 Å². The summed E-state index contributed by atoms with van der Waals surface area (Å²) < 4.78 is 5.43. The van der Waals surface area contributed by atoms with Gasteiger partial charge in [-0.3, -0.25) is 4.90 Å². The molecule has 4 heteroatoms. The van der Waals surface area contributed by atoms with E-state index in [9.17, 15) is 5.11 Å². The smallest absolute Gasteiger partial charge is 0.0867 e. The Hall–Kier alpha value is -0.160. The van der Waals surface area contributed by atoms with Crippen LogP contribution >= 0.6 is 0 Å². The molecule has 1 heterocycles. The lowest BCUT2D eigenvalue weighted by molar-refractivity contribution is -0.0375. The first kappa shape index (κ1) is 12.9. The molecule has 0 aliphatic carbocycles. The van der Waals surface area contributed by atoms with E-state index in [1.165, 1.54) is 0 Å². The van der Waals surface area contributed by atoms with Crippen LogP contribution in [-0.2, 0) is 4.74 Å². The van der Waals surface area contributed by atoms with Crippen LogP contribution in [0.25, 0.3) is 0 Å². The van der Waals surface area contributed by atoms with Crippen LogP contribution in [-0.4, -0.2) is 55.0 Å². The van der Waals surface area contributed by atoms with E-state index in [1.54, 1.807) is 14.0 Å². The molecule has 0 bridgehead atoms. The van der Waals surface area contributed by atoms with Gasteiger partial charge in [-0.05, 0) is 25.8 Å². The van der Waals surface area contributed by atoms with Crippen molar-refractivity contribution in [1.82, 2.24) is 4.90 Å². The summed E-state index contributed by atoms with van der Waals surface area (Å²) in [4.78, 5) is 2.24. The number of likely N-dealkylation sites (tertiary alicyclic amines) is 1. The highest BCUT2D eigenvalue weighted by Crippen LogP contribution is 2.20. The molecule has 1 fully saturated rings. The van der Waals surface area contributed by atoms with Crippen LogP contribution < -0.4 is 5.73 Å². The number of β-amino-alcohol motifs (C(OH)–C–C–N with tert-alkyl or cyclic N) is 1. The first-order valence-corrected chi connectivity index (χ1v) is 5.66. The second-order valence-electron chi connectivity index (χ2n) is 4.98. The first-order valence-electron chi connectivity index (χ1n) is 5.66. The largest absolute Gasteiger partial charge is 0.388 e. The number of aliphatic hydroxyl groups is 1. The summed E-state index contributed by atoms with van der Waals surface area (Å²) in [5.41, 5.74) is 4.73. The third-order valence-corrected chi connectivity index (χ3v) is 3.28. The second kappa shape index (κ2) is 5.25. The Morgan fingerprint density at radius 3 is 2.80 bits per heavy atom. The minimum Gasteiger partial charge on any atom is -0.388 e. The molecule has 90 valence electrons. The fourth-order valence-electron chi connectivity index (χ4n) is 2.09. The molecule has 0 aromatic carbocycles. The maximum absolute atomic E-state index is 9.89. The number of methoxy groups -OCH3 is 1. The van der Waals surface area contributed by atoms with Crippen LogP contribution in [0.15, 0.2) is 0 Å². The van der Waals surface area contributed by atoms with Crippen LogP contribution in [0.2, 0.25) is 0 Å². The molecular weight excluding hydrogens is 192 g/mol. The third-order valence-electron chi connectivity index (χ3n) is 3.28. The lowest BCUT2D eigenvalue weighted by Gasteiger charge is -2.39. The van der Waals surface area contributed by atoms with Gasteiger partial charge in [0.25, 0.3) is 0 Å². The summed E-state index contributed by atoms with van der Waals surface area (Å²) in [6.07, 6.45) is 1.41. The van der Waals surface area contributed by atoms with Gasteiger partial charge in [0.2, 0.25) is 0 Å². The molecule has 3 N–H and O–H groups in total. The topological polar surface area (TPSA) is 58.7 Å². The number of nitrogens with two attached hydrogens (primary N) is 1. The Labute approximate surface area is 92.4 Å². The van der Waals surface area contributed by atoms with E-state index in [2.05, 4.69) is 11.8 Å². The zero-order valence-electron chi connectivity index (χ0n) is 10.1. The van der Waals surface area contributed by atoms with Crippen molar-refractivity contribution in [2.75, 3.05) is 33.3 Å². The Morgan fingerprint density at radius 2 is 2.27 bits per heavy atom. The molecule has 3 unspecified atom stereocenters. The Morgan fingerprint density at radius 1 is 1.60 bits per heavy atom. The predicted molar refractivity (Wildman–Crippen MR) is 60.7 cm³/mol. The molecule has 1 aliphatic heterocycles. The van der Waals surface area contributed by atoms with E-state index in [0.717, 1.165) is 19.5 Å². The average Bonchev–Trinajstić information content (AvgIpc) is 2.20. The van der Waals surface area contributed by atoms with Crippen molar-refractivity contribution >= 4 is 0 Å². The number of ether oxygens (including phenoxy) is 1. The van der Waals surface area contributed by atoms with Gasteiger partial charge in [-0.2, -0.15) is 0 Å². The minimum atomic E-state index is -0.779. The second-order valence-corrected chi connectivity index (χ2v) is 4.98. The fourth-order valence-corrected chi connectivity index (χ4v) is 2.09. The lowest BCUT2D eigenvalue weighted by atomic mass is 9.94. The quantitative estimate of drug-likeness (QED) is 0.697. The monoisotopic (exact) mass is 216 g/mol. The van der Waals surface area contributed by atoms with E-state index >= 15 is 0 Å². The van der Waals surface area contributed by atoms with Crippen LogP contribution in [0.1, 0.15) is 20.3 Å². The zero-order chi connectivity index (χ0) is 11.5. The lowest BCUT2D eigenvalue weighted by Crippen LogP contribution is -2.52. The maximum atomic E-state index is 9.89. The molecule has 1 saturated heterocycles. The number of hydrogen-bond acceptors (Lipinski definition) is 4. The van der Waals surface area contributed by atoms with Crippen molar-refractivity contribution in [2.24, 2.45) is 11.7 Å². The standard InChI is InChI=1S/C11H24N2O2/c1-9-4-5-13(6-10(9)15-3)8-11(2,14)7-12/h9-10,14H,4-8,12H2,1-3H3. The van der Waals surface area contributed by atoms with Crippen molar-refractivity contribution < 1.29 is 9.84 Å². The number of nitrogens with zero attached hydrogens (tertiary/aromatic N) is 1. The SMILES string of the molecule is COC1CN(CC(C)(O)CN)CCC1C. The molecular formula is C11H24N2O2. The summed E-state index contributed by atoms with van der Waals surface area (Å²) in [5.74, 6) is 0.606. The van der Waals surface area contributed by atoms with Crippen LogP contribution in [0.3, 0.4) is 0 Å². The molecule has 0 radical (unpaired) electrons. The fraction of sp³-hybridized carbons (Fsp3) is 1.00. The summed E-state index contributed by atoms with van der Waals surface area (Å²) in [6.45, 7) is 6.86. The van der Waals surface area contributed by atoms with Crippen LogP contribution in [0.5, 0.6) is 0 Å². The maximum Gasteiger partial charge on any atom is 0.0867 e. The Bertz CT molecular complexity index is 197. The van der Waals surface area contributed by atoms with Crippen LogP contribution in [0, 0.1) is 5.92 Å². The van der Waals surface area contributed by atoms with E-state index in [4.69, 9.17) is 10.5 Å². The molecule has 0 aromatic rings. The molecule has 0 spiro atoms. The number of hydrogen-bond donors (Lipinski definition) is 2. The molecule has 0 amide bonds. The van der Waals surface area contributed by atoms with Gasteiger partial charge in [0, 0.05) is 26.7 Å². The van der Waals surface area contributed by atoms with Crippen LogP contribution in [0.4, 0.5) is 0 Å². The molecule has 0 aromatic heterocycles. The zero-order valence-corrected chi connectivity index (χ0v) is 10.1. The van der Waals surface area contributed by atoms with Gasteiger partial charge in [0.05, 0.1) is 11.7 Å². The summed E-state index contributed by atoms with van der Waals surface area (Å²) in [6, 6.07) is 0. The van der Waals surface area contributed by atoms with Crippen molar-refractivity contribution in [3.8, 4) is 0 Å². The summed E-state index contributed by atoms with van der Waals surface area (Å²) in [7, 11) is 1.76. The van der Waals surface area contributed by atoms with Gasteiger partial charge in [-0.15, -0.1) is 0 Å². The third kappa shape index (κ3) is 3.72. The highest BCUT2D eigenvalue weighted by atomic mass is 16.5. The first-order chi connectivity index (χ1) is 6.98. The Balaban J connectivity index is 2.45. The highest BCUT2D eigenvalue weighted by Gasteiger charge is 2.30. The molecule has 1 aliphatic rings. The minimum absolute atomic E-state index is 0.285. The van der Waals surface area contributed by atoms with Crippen molar-refractivity contribution in [2.45, 2.75) is 32.0 Å². The molecule has 3 atom stereocenters. The van der Waals surface area contributed by atoms with Gasteiger partial charge >= 0.3 is 0 Å². The van der Waals surface area contributed by atoms with E-state index in [1.807, 2.05) is 0 Å². The van der Waals surface area contributed by atoms with Gasteiger partial charge < -0.3 is 15.6 Å². The molecule has 0 saturated carbocycles. The van der Waals surface area contributed by atoms with E-state index in [-0.39, 0.29) is 6.10 Å². The molecule has 1 rings (SSSR count). The van der Waals surface area contributed by atoms with Gasteiger partial charge in [0.1, 0.15) is 0 Å². The van der Waals surface area contributed by atoms with Crippen molar-refractivity contribution in [3.63, 3.8) is 0 Å². The molecule has 15 heavy (non-hydrogen) atoms. The summed E-state index contributed by atoms with van der Waals surface area (Å²) >= 11 is 0. The van der Waals surface area contributed by atoms with E-state index in [0.29, 0.717) is 19.0 Å². The normalized spacial score (nSPS) is 32.6. The number of rotatable bonds is 4.